The van der Waals surface area contributed by atoms with Crippen molar-refractivity contribution in [2.45, 2.75) is 25.8 Å². The van der Waals surface area contributed by atoms with E-state index >= 15 is 0 Å². The number of nitrogens with zero attached hydrogens (tertiary/aromatic N) is 3. The second-order valence-electron chi connectivity index (χ2n) is 6.91. The van der Waals surface area contributed by atoms with Gasteiger partial charge >= 0.3 is 5.97 Å². The van der Waals surface area contributed by atoms with Gasteiger partial charge in [-0.1, -0.05) is 18.2 Å². The third-order valence-corrected chi connectivity index (χ3v) is 5.28. The number of piperidine rings is 1. The topological polar surface area (TPSA) is 84.7 Å². The van der Waals surface area contributed by atoms with Crippen LogP contribution in [0.15, 0.2) is 36.0 Å². The third-order valence-electron chi connectivity index (χ3n) is 5.28. The number of hydrogen-bond donors (Lipinski definition) is 1. The Labute approximate surface area is 156 Å². The number of carboxylic acids is 1. The molecule has 1 fully saturated rings. The lowest BCUT2D eigenvalue weighted by Gasteiger charge is -2.33. The molecule has 7 nitrogen and oxygen atoms in total. The van der Waals surface area contributed by atoms with E-state index in [1.54, 1.807) is 11.6 Å². The van der Waals surface area contributed by atoms with Crippen LogP contribution in [0.2, 0.25) is 0 Å². The second kappa shape index (κ2) is 6.90. The molecule has 0 radical (unpaired) electrons. The Bertz CT molecular complexity index is 923. The summed E-state index contributed by atoms with van der Waals surface area (Å²) in [5.41, 5.74) is 2.48. The van der Waals surface area contributed by atoms with Crippen LogP contribution in [0.3, 0.4) is 0 Å². The maximum atomic E-state index is 12.8. The maximum absolute atomic E-state index is 12.8. The molecule has 3 heterocycles. The molecular weight excluding hydrogens is 346 g/mol. The minimum atomic E-state index is -0.962. The molecule has 0 aliphatic carbocycles. The van der Waals surface area contributed by atoms with Crippen molar-refractivity contribution in [3.8, 4) is 5.75 Å². The monoisotopic (exact) mass is 367 g/mol. The molecule has 140 valence electrons. The lowest BCUT2D eigenvalue weighted by Crippen LogP contribution is -2.41. The number of aromatic carboxylic acids is 1. The number of benzene rings is 1. The summed E-state index contributed by atoms with van der Waals surface area (Å²) in [4.78, 5) is 25.9. The molecule has 0 unspecified atom stereocenters. The van der Waals surface area contributed by atoms with Gasteiger partial charge in [0.2, 0.25) is 0 Å². The van der Waals surface area contributed by atoms with Crippen LogP contribution in [0.4, 0.5) is 0 Å². The van der Waals surface area contributed by atoms with Gasteiger partial charge in [0.25, 0.3) is 5.91 Å². The summed E-state index contributed by atoms with van der Waals surface area (Å²) in [6.45, 7) is 3.29. The summed E-state index contributed by atoms with van der Waals surface area (Å²) in [5, 5.41) is 13.4. The standard InChI is InChI=1S/C20H21N3O4/c1-13-17(20(25)26)11-21-23(13)16-6-8-22(9-7-16)19(24)15-10-14-4-2-3-5-18(14)27-12-15/h2-5,10-11,16H,6-9,12H2,1H3,(H,25,26). The fourth-order valence-electron chi connectivity index (χ4n) is 3.76. The van der Waals surface area contributed by atoms with E-state index in [2.05, 4.69) is 5.10 Å². The lowest BCUT2D eigenvalue weighted by atomic mass is 10.0. The van der Waals surface area contributed by atoms with E-state index in [4.69, 9.17) is 4.74 Å². The minimum absolute atomic E-state index is 0.00589. The van der Waals surface area contributed by atoms with E-state index in [0.29, 0.717) is 24.4 Å². The predicted molar refractivity (Wildman–Crippen MR) is 98.7 cm³/mol. The van der Waals surface area contributed by atoms with Gasteiger partial charge < -0.3 is 14.7 Å². The number of hydrogen-bond acceptors (Lipinski definition) is 4. The van der Waals surface area contributed by atoms with Gasteiger partial charge in [-0.2, -0.15) is 5.10 Å². The van der Waals surface area contributed by atoms with Crippen molar-refractivity contribution in [3.05, 3.63) is 52.9 Å². The average molecular weight is 367 g/mol. The van der Waals surface area contributed by atoms with Crippen molar-refractivity contribution < 1.29 is 19.4 Å². The van der Waals surface area contributed by atoms with Gasteiger partial charge in [0, 0.05) is 18.7 Å². The molecule has 0 spiro atoms. The fourth-order valence-corrected chi connectivity index (χ4v) is 3.76. The Kier molecular flexibility index (Phi) is 4.43. The van der Waals surface area contributed by atoms with Crippen LogP contribution >= 0.6 is 0 Å². The first kappa shape index (κ1) is 17.3. The van der Waals surface area contributed by atoms with Gasteiger partial charge in [0.05, 0.1) is 23.5 Å². The molecule has 1 aromatic carbocycles. The average Bonchev–Trinajstić information content (AvgIpc) is 3.09. The number of carbonyl (C=O) groups excluding carboxylic acids is 1. The molecule has 27 heavy (non-hydrogen) atoms. The number of para-hydroxylation sites is 1. The van der Waals surface area contributed by atoms with Crippen LogP contribution in [0.5, 0.6) is 5.75 Å². The van der Waals surface area contributed by atoms with Crippen molar-refractivity contribution in [2.24, 2.45) is 0 Å². The van der Waals surface area contributed by atoms with Gasteiger partial charge in [-0.25, -0.2) is 4.79 Å². The van der Waals surface area contributed by atoms with Gasteiger partial charge in [0.1, 0.15) is 17.9 Å². The van der Waals surface area contributed by atoms with Crippen LogP contribution in [-0.2, 0) is 4.79 Å². The van der Waals surface area contributed by atoms with Crippen LogP contribution in [-0.4, -0.2) is 51.4 Å². The van der Waals surface area contributed by atoms with E-state index in [-0.39, 0.29) is 24.1 Å². The smallest absolute Gasteiger partial charge is 0.339 e. The first-order chi connectivity index (χ1) is 13.0. The molecule has 2 aliphatic rings. The highest BCUT2D eigenvalue weighted by molar-refractivity contribution is 5.99. The Morgan fingerprint density at radius 3 is 2.67 bits per heavy atom. The normalized spacial score (nSPS) is 17.1. The van der Waals surface area contributed by atoms with E-state index in [0.717, 1.165) is 24.2 Å². The van der Waals surface area contributed by atoms with Crippen molar-refractivity contribution in [1.29, 1.82) is 0 Å². The fraction of sp³-hybridized carbons (Fsp3) is 0.350. The first-order valence-corrected chi connectivity index (χ1v) is 9.03. The summed E-state index contributed by atoms with van der Waals surface area (Å²) in [6, 6.07) is 7.79. The molecule has 2 aromatic rings. The number of amides is 1. The zero-order valence-corrected chi connectivity index (χ0v) is 15.1. The molecule has 1 aromatic heterocycles. The zero-order valence-electron chi connectivity index (χ0n) is 15.1. The molecule has 2 aliphatic heterocycles. The Hall–Kier alpha value is -3.09. The van der Waals surface area contributed by atoms with E-state index < -0.39 is 5.97 Å². The van der Waals surface area contributed by atoms with Crippen molar-refractivity contribution in [1.82, 2.24) is 14.7 Å². The van der Waals surface area contributed by atoms with E-state index in [1.807, 2.05) is 35.2 Å². The number of rotatable bonds is 3. The summed E-state index contributed by atoms with van der Waals surface area (Å²) in [5.74, 6) is -0.154. The van der Waals surface area contributed by atoms with Crippen molar-refractivity contribution >= 4 is 18.0 Å². The summed E-state index contributed by atoms with van der Waals surface area (Å²) >= 11 is 0. The van der Waals surface area contributed by atoms with E-state index in [1.165, 1.54) is 6.20 Å². The van der Waals surface area contributed by atoms with Crippen LogP contribution in [0.25, 0.3) is 6.08 Å². The highest BCUT2D eigenvalue weighted by Gasteiger charge is 2.29. The number of fused-ring (bicyclic) bond motifs is 1. The number of aromatic nitrogens is 2. The van der Waals surface area contributed by atoms with Crippen molar-refractivity contribution in [3.63, 3.8) is 0 Å². The Morgan fingerprint density at radius 1 is 1.22 bits per heavy atom. The molecule has 0 bridgehead atoms. The lowest BCUT2D eigenvalue weighted by molar-refractivity contribution is -0.128. The molecule has 0 saturated carbocycles. The molecule has 7 heteroatoms. The molecule has 1 amide bonds. The van der Waals surface area contributed by atoms with Crippen LogP contribution in [0, 0.1) is 6.92 Å². The van der Waals surface area contributed by atoms with Gasteiger partial charge in [-0.05, 0) is 31.9 Å². The SMILES string of the molecule is Cc1c(C(=O)O)cnn1C1CCN(C(=O)C2=Cc3ccccc3OC2)CC1. The maximum Gasteiger partial charge on any atom is 0.339 e. The quantitative estimate of drug-likeness (QED) is 0.901. The summed E-state index contributed by atoms with van der Waals surface area (Å²) < 4.78 is 7.48. The highest BCUT2D eigenvalue weighted by Crippen LogP contribution is 2.29. The first-order valence-electron chi connectivity index (χ1n) is 9.03. The number of likely N-dealkylation sites (tertiary alicyclic amines) is 1. The molecule has 0 atom stereocenters. The van der Waals surface area contributed by atoms with Crippen LogP contribution in [0.1, 0.15) is 40.5 Å². The van der Waals surface area contributed by atoms with Crippen LogP contribution < -0.4 is 4.74 Å². The molecule has 4 rings (SSSR count). The number of ether oxygens (including phenoxy) is 1. The number of carboxylic acid groups (broad SMARTS) is 1. The molecular formula is C20H21N3O4. The Morgan fingerprint density at radius 2 is 1.96 bits per heavy atom. The molecule has 1 saturated heterocycles. The predicted octanol–water partition coefficient (Wildman–Crippen LogP) is 2.53. The summed E-state index contributed by atoms with van der Waals surface area (Å²) in [6.07, 6.45) is 4.80. The van der Waals surface area contributed by atoms with Gasteiger partial charge in [-0.15, -0.1) is 0 Å². The van der Waals surface area contributed by atoms with Crippen molar-refractivity contribution in [2.75, 3.05) is 19.7 Å². The largest absolute Gasteiger partial charge is 0.488 e. The Balaban J connectivity index is 1.43. The van der Waals surface area contributed by atoms with E-state index in [9.17, 15) is 14.7 Å². The zero-order chi connectivity index (χ0) is 19.0. The number of carbonyl (C=O) groups is 2. The molecule has 1 N–H and O–H groups in total. The minimum Gasteiger partial charge on any atom is -0.488 e. The summed E-state index contributed by atoms with van der Waals surface area (Å²) in [7, 11) is 0. The second-order valence-corrected chi connectivity index (χ2v) is 6.91. The van der Waals surface area contributed by atoms with Gasteiger partial charge in [-0.3, -0.25) is 9.48 Å². The van der Waals surface area contributed by atoms with Gasteiger partial charge in [0.15, 0.2) is 0 Å². The highest BCUT2D eigenvalue weighted by atomic mass is 16.5. The third kappa shape index (κ3) is 3.20.